The van der Waals surface area contributed by atoms with Crippen LogP contribution in [0.1, 0.15) is 16.7 Å². The maximum atomic E-state index is 6.04. The third-order valence-electron chi connectivity index (χ3n) is 3.00. The molecule has 1 heteroatoms. The molecule has 0 saturated heterocycles. The molecule has 2 rings (SSSR count). The van der Waals surface area contributed by atoms with Gasteiger partial charge in [0, 0.05) is 11.1 Å². The molecular formula is C13H15N. The van der Waals surface area contributed by atoms with Crippen molar-refractivity contribution in [3.63, 3.8) is 0 Å². The summed E-state index contributed by atoms with van der Waals surface area (Å²) in [6, 6.07) is 8.49. The fraction of sp³-hybridized carbons (Fsp3) is 0.231. The van der Waals surface area contributed by atoms with Crippen molar-refractivity contribution >= 4 is 16.5 Å². The highest BCUT2D eigenvalue weighted by Crippen LogP contribution is 2.28. The highest BCUT2D eigenvalue weighted by molar-refractivity contribution is 5.96. The third kappa shape index (κ3) is 1.17. The first-order chi connectivity index (χ1) is 6.61. The average molecular weight is 185 g/mol. The predicted octanol–water partition coefficient (Wildman–Crippen LogP) is 3.35. The monoisotopic (exact) mass is 185 g/mol. The van der Waals surface area contributed by atoms with Crippen molar-refractivity contribution in [1.82, 2.24) is 0 Å². The summed E-state index contributed by atoms with van der Waals surface area (Å²) in [7, 11) is 0. The van der Waals surface area contributed by atoms with Gasteiger partial charge < -0.3 is 5.73 Å². The van der Waals surface area contributed by atoms with Crippen LogP contribution < -0.4 is 5.73 Å². The van der Waals surface area contributed by atoms with Gasteiger partial charge in [-0.2, -0.15) is 0 Å². The number of anilines is 1. The lowest BCUT2D eigenvalue weighted by atomic mass is 9.98. The van der Waals surface area contributed by atoms with E-state index < -0.39 is 0 Å². The normalized spacial score (nSPS) is 10.8. The zero-order chi connectivity index (χ0) is 10.3. The smallest absolute Gasteiger partial charge is 0.0423 e. The molecule has 0 aliphatic carbocycles. The number of aryl methyl sites for hydroxylation is 3. The van der Waals surface area contributed by atoms with Gasteiger partial charge in [0.25, 0.3) is 0 Å². The van der Waals surface area contributed by atoms with Crippen molar-refractivity contribution in [2.75, 3.05) is 5.73 Å². The molecule has 0 amide bonds. The van der Waals surface area contributed by atoms with Crippen molar-refractivity contribution in [3.8, 4) is 0 Å². The maximum absolute atomic E-state index is 6.04. The number of nitrogens with two attached hydrogens (primary N) is 1. The second-order valence-electron chi connectivity index (χ2n) is 3.90. The van der Waals surface area contributed by atoms with Gasteiger partial charge in [-0.15, -0.1) is 0 Å². The fourth-order valence-electron chi connectivity index (χ4n) is 1.80. The van der Waals surface area contributed by atoms with Crippen LogP contribution in [0.5, 0.6) is 0 Å². The molecule has 0 aromatic heterocycles. The lowest BCUT2D eigenvalue weighted by molar-refractivity contribution is 1.37. The summed E-state index contributed by atoms with van der Waals surface area (Å²) in [6.45, 7) is 6.32. The Balaban J connectivity index is 2.94. The van der Waals surface area contributed by atoms with Crippen LogP contribution in [0.2, 0.25) is 0 Å². The van der Waals surface area contributed by atoms with Gasteiger partial charge in [0.1, 0.15) is 0 Å². The largest absolute Gasteiger partial charge is 0.398 e. The number of hydrogen-bond acceptors (Lipinski definition) is 1. The Bertz CT molecular complexity index is 451. The molecule has 2 aromatic carbocycles. The number of nitrogen functional groups attached to an aromatic ring is 1. The minimum absolute atomic E-state index is 0.908. The van der Waals surface area contributed by atoms with E-state index in [2.05, 4.69) is 38.1 Å². The predicted molar refractivity (Wildman–Crippen MR) is 62.6 cm³/mol. The first-order valence-electron chi connectivity index (χ1n) is 4.86. The topological polar surface area (TPSA) is 26.0 Å². The molecule has 0 atom stereocenters. The van der Waals surface area contributed by atoms with Gasteiger partial charge in [-0.25, -0.2) is 0 Å². The summed E-state index contributed by atoms with van der Waals surface area (Å²) in [5.41, 5.74) is 10.7. The van der Waals surface area contributed by atoms with Gasteiger partial charge in [0.05, 0.1) is 0 Å². The highest BCUT2D eigenvalue weighted by atomic mass is 14.6. The summed E-state index contributed by atoms with van der Waals surface area (Å²) in [5, 5.41) is 2.45. The molecule has 2 N–H and O–H groups in total. The van der Waals surface area contributed by atoms with Crippen molar-refractivity contribution in [1.29, 1.82) is 0 Å². The molecule has 0 spiro atoms. The minimum atomic E-state index is 0.908. The van der Waals surface area contributed by atoms with E-state index in [1.165, 1.54) is 21.9 Å². The zero-order valence-corrected chi connectivity index (χ0v) is 8.89. The van der Waals surface area contributed by atoms with Crippen LogP contribution in [0.15, 0.2) is 24.3 Å². The first kappa shape index (κ1) is 9.07. The summed E-state index contributed by atoms with van der Waals surface area (Å²) in [4.78, 5) is 0. The van der Waals surface area contributed by atoms with Crippen LogP contribution in [0, 0.1) is 20.8 Å². The molecule has 0 saturated carbocycles. The molecule has 72 valence electrons. The molecular weight excluding hydrogens is 170 g/mol. The van der Waals surface area contributed by atoms with Crippen molar-refractivity contribution in [3.05, 3.63) is 41.0 Å². The van der Waals surface area contributed by atoms with Crippen molar-refractivity contribution in [2.24, 2.45) is 0 Å². The maximum Gasteiger partial charge on any atom is 0.0423 e. The van der Waals surface area contributed by atoms with Crippen LogP contribution in [0.3, 0.4) is 0 Å². The average Bonchev–Trinajstić information content (AvgIpc) is 2.17. The van der Waals surface area contributed by atoms with Gasteiger partial charge in [0.15, 0.2) is 0 Å². The fourth-order valence-corrected chi connectivity index (χ4v) is 1.80. The Morgan fingerprint density at radius 1 is 0.786 bits per heavy atom. The molecule has 0 aliphatic heterocycles. The minimum Gasteiger partial charge on any atom is -0.398 e. The molecule has 0 bridgehead atoms. The summed E-state index contributed by atoms with van der Waals surface area (Å²) in [6.07, 6.45) is 0. The number of fused-ring (bicyclic) bond motifs is 1. The Kier molecular flexibility index (Phi) is 1.95. The van der Waals surface area contributed by atoms with Gasteiger partial charge >= 0.3 is 0 Å². The van der Waals surface area contributed by atoms with E-state index in [0.717, 1.165) is 11.3 Å². The van der Waals surface area contributed by atoms with E-state index in [1.807, 2.05) is 6.92 Å². The quantitative estimate of drug-likeness (QED) is 0.626. The van der Waals surface area contributed by atoms with Gasteiger partial charge in [-0.05, 0) is 42.8 Å². The van der Waals surface area contributed by atoms with Crippen molar-refractivity contribution in [2.45, 2.75) is 20.8 Å². The van der Waals surface area contributed by atoms with E-state index >= 15 is 0 Å². The Hall–Kier alpha value is -1.50. The second-order valence-corrected chi connectivity index (χ2v) is 3.90. The molecule has 1 nitrogen and oxygen atoms in total. The Morgan fingerprint density at radius 2 is 1.36 bits per heavy atom. The first-order valence-corrected chi connectivity index (χ1v) is 4.86. The third-order valence-corrected chi connectivity index (χ3v) is 3.00. The van der Waals surface area contributed by atoms with Crippen LogP contribution in [-0.2, 0) is 0 Å². The van der Waals surface area contributed by atoms with Crippen LogP contribution in [-0.4, -0.2) is 0 Å². The van der Waals surface area contributed by atoms with Gasteiger partial charge in [0.2, 0.25) is 0 Å². The summed E-state index contributed by atoms with van der Waals surface area (Å²) in [5.74, 6) is 0. The van der Waals surface area contributed by atoms with Crippen LogP contribution in [0.4, 0.5) is 5.69 Å². The molecule has 0 radical (unpaired) electrons. The Morgan fingerprint density at radius 3 is 2.07 bits per heavy atom. The number of hydrogen-bond donors (Lipinski definition) is 1. The summed E-state index contributed by atoms with van der Waals surface area (Å²) < 4.78 is 0. The van der Waals surface area contributed by atoms with E-state index in [0.29, 0.717) is 0 Å². The number of rotatable bonds is 0. The van der Waals surface area contributed by atoms with Crippen molar-refractivity contribution < 1.29 is 0 Å². The van der Waals surface area contributed by atoms with E-state index in [1.54, 1.807) is 0 Å². The van der Waals surface area contributed by atoms with Gasteiger partial charge in [-0.1, -0.05) is 24.3 Å². The molecule has 0 unspecified atom stereocenters. The zero-order valence-electron chi connectivity index (χ0n) is 8.89. The molecule has 0 heterocycles. The highest BCUT2D eigenvalue weighted by Gasteiger charge is 2.04. The SMILES string of the molecule is Cc1ccc2c(N)c(C)ccc2c1C. The van der Waals surface area contributed by atoms with Crippen LogP contribution in [0.25, 0.3) is 10.8 Å². The molecule has 0 fully saturated rings. The lowest BCUT2D eigenvalue weighted by Gasteiger charge is -2.09. The van der Waals surface area contributed by atoms with Crippen LogP contribution >= 0.6 is 0 Å². The van der Waals surface area contributed by atoms with E-state index in [-0.39, 0.29) is 0 Å². The molecule has 2 aromatic rings. The standard InChI is InChI=1S/C13H15N/c1-8-4-7-12-11(10(8)3)6-5-9(2)13(12)14/h4-7H,14H2,1-3H3. The molecule has 0 aliphatic rings. The van der Waals surface area contributed by atoms with E-state index in [4.69, 9.17) is 5.73 Å². The summed E-state index contributed by atoms with van der Waals surface area (Å²) >= 11 is 0. The second kappa shape index (κ2) is 3.02. The van der Waals surface area contributed by atoms with E-state index in [9.17, 15) is 0 Å². The molecule has 14 heavy (non-hydrogen) atoms. The number of benzene rings is 2. The van der Waals surface area contributed by atoms with Gasteiger partial charge in [-0.3, -0.25) is 0 Å². The lowest BCUT2D eigenvalue weighted by Crippen LogP contribution is -1.93. The Labute approximate surface area is 84.5 Å².